The summed E-state index contributed by atoms with van der Waals surface area (Å²) in [5.41, 5.74) is 2.40. The summed E-state index contributed by atoms with van der Waals surface area (Å²) in [6.07, 6.45) is 5.32. The van der Waals surface area contributed by atoms with Gasteiger partial charge < -0.3 is 14.8 Å². The molecule has 2 aromatic heterocycles. The lowest BCUT2D eigenvalue weighted by Crippen LogP contribution is -2.47. The van der Waals surface area contributed by atoms with Gasteiger partial charge in [0.2, 0.25) is 0 Å². The lowest BCUT2D eigenvalue weighted by atomic mass is 10.0. The van der Waals surface area contributed by atoms with Crippen LogP contribution in [0.3, 0.4) is 0 Å². The molecular weight excluding hydrogens is 328 g/mol. The number of pyridine rings is 2. The predicted molar refractivity (Wildman–Crippen MR) is 101 cm³/mol. The molecule has 0 radical (unpaired) electrons. The fraction of sp³-hybridized carbons (Fsp3) is 0.450. The van der Waals surface area contributed by atoms with Gasteiger partial charge in [-0.05, 0) is 70.1 Å². The fourth-order valence-corrected chi connectivity index (χ4v) is 3.62. The molecule has 1 aliphatic heterocycles. The van der Waals surface area contributed by atoms with Crippen LogP contribution in [0.15, 0.2) is 35.4 Å². The highest BCUT2D eigenvalue weighted by molar-refractivity contribution is 5.95. The van der Waals surface area contributed by atoms with Gasteiger partial charge in [0.1, 0.15) is 5.56 Å². The minimum absolute atomic E-state index is 0.124. The number of amides is 1. The summed E-state index contributed by atoms with van der Waals surface area (Å²) < 4.78 is 0. The maximum Gasteiger partial charge on any atom is 0.261 e. The first kappa shape index (κ1) is 18.3. The SMILES string of the molecule is Cc1cc(C)c(C(=O)N(Cc2cccnc2)C2CCN(C)CC2)c(=O)[nH]1. The van der Waals surface area contributed by atoms with E-state index in [4.69, 9.17) is 0 Å². The summed E-state index contributed by atoms with van der Waals surface area (Å²) in [5, 5.41) is 0. The number of likely N-dealkylation sites (tertiary alicyclic amines) is 1. The molecule has 0 saturated carbocycles. The Morgan fingerprint density at radius 3 is 2.69 bits per heavy atom. The quantitative estimate of drug-likeness (QED) is 0.913. The Morgan fingerprint density at radius 1 is 1.35 bits per heavy atom. The summed E-state index contributed by atoms with van der Waals surface area (Å²) in [6.45, 7) is 6.02. The first-order valence-corrected chi connectivity index (χ1v) is 9.04. The molecule has 1 saturated heterocycles. The molecule has 1 amide bonds. The van der Waals surface area contributed by atoms with E-state index in [9.17, 15) is 9.59 Å². The second-order valence-electron chi connectivity index (χ2n) is 7.17. The van der Waals surface area contributed by atoms with Crippen LogP contribution in [0.25, 0.3) is 0 Å². The van der Waals surface area contributed by atoms with Crippen LogP contribution in [0.5, 0.6) is 0 Å². The van der Waals surface area contributed by atoms with Crippen LogP contribution < -0.4 is 5.56 Å². The minimum atomic E-state index is -0.309. The number of aromatic amines is 1. The van der Waals surface area contributed by atoms with E-state index in [1.807, 2.05) is 36.9 Å². The normalized spacial score (nSPS) is 15.8. The molecule has 26 heavy (non-hydrogen) atoms. The van der Waals surface area contributed by atoms with Crippen LogP contribution in [0.1, 0.15) is 40.0 Å². The average Bonchev–Trinajstić information content (AvgIpc) is 2.60. The molecule has 0 unspecified atom stereocenters. The van der Waals surface area contributed by atoms with Crippen molar-refractivity contribution in [3.05, 3.63) is 63.3 Å². The van der Waals surface area contributed by atoms with Gasteiger partial charge in [-0.25, -0.2) is 0 Å². The van der Waals surface area contributed by atoms with Gasteiger partial charge in [-0.2, -0.15) is 0 Å². The van der Waals surface area contributed by atoms with Crippen LogP contribution in [0.4, 0.5) is 0 Å². The molecule has 1 fully saturated rings. The number of piperidine rings is 1. The number of aryl methyl sites for hydroxylation is 2. The molecule has 6 nitrogen and oxygen atoms in total. The Bertz CT molecular complexity index is 823. The Kier molecular flexibility index (Phi) is 5.52. The zero-order valence-corrected chi connectivity index (χ0v) is 15.7. The number of hydrogen-bond donors (Lipinski definition) is 1. The van der Waals surface area contributed by atoms with Crippen LogP contribution in [0.2, 0.25) is 0 Å². The van der Waals surface area contributed by atoms with Gasteiger partial charge in [0.05, 0.1) is 0 Å². The van der Waals surface area contributed by atoms with Crippen LogP contribution in [0, 0.1) is 13.8 Å². The Labute approximate surface area is 153 Å². The van der Waals surface area contributed by atoms with Crippen molar-refractivity contribution in [2.45, 2.75) is 39.3 Å². The van der Waals surface area contributed by atoms with E-state index in [0.29, 0.717) is 6.54 Å². The summed E-state index contributed by atoms with van der Waals surface area (Å²) in [7, 11) is 2.10. The van der Waals surface area contributed by atoms with Crippen LogP contribution in [-0.4, -0.2) is 51.9 Å². The summed E-state index contributed by atoms with van der Waals surface area (Å²) >= 11 is 0. The van der Waals surface area contributed by atoms with Gasteiger partial charge >= 0.3 is 0 Å². The Hall–Kier alpha value is -2.47. The number of hydrogen-bond acceptors (Lipinski definition) is 4. The zero-order chi connectivity index (χ0) is 18.7. The lowest BCUT2D eigenvalue weighted by Gasteiger charge is -2.37. The lowest BCUT2D eigenvalue weighted by molar-refractivity contribution is 0.0566. The monoisotopic (exact) mass is 354 g/mol. The zero-order valence-electron chi connectivity index (χ0n) is 15.7. The Balaban J connectivity index is 1.94. The molecule has 0 atom stereocenters. The van der Waals surface area contributed by atoms with E-state index in [1.54, 1.807) is 12.4 Å². The number of aromatic nitrogens is 2. The third kappa shape index (κ3) is 4.02. The molecule has 6 heteroatoms. The van der Waals surface area contributed by atoms with E-state index in [1.165, 1.54) is 0 Å². The number of nitrogens with one attached hydrogen (secondary N) is 1. The molecule has 138 valence electrons. The summed E-state index contributed by atoms with van der Waals surface area (Å²) in [6, 6.07) is 5.82. The molecule has 3 rings (SSSR count). The maximum absolute atomic E-state index is 13.4. The van der Waals surface area contributed by atoms with Gasteiger partial charge in [0.15, 0.2) is 0 Å². The first-order chi connectivity index (χ1) is 12.5. The van der Waals surface area contributed by atoms with Crippen molar-refractivity contribution in [3.63, 3.8) is 0 Å². The number of carbonyl (C=O) groups is 1. The highest BCUT2D eigenvalue weighted by Crippen LogP contribution is 2.21. The molecule has 0 aliphatic carbocycles. The Morgan fingerprint density at radius 2 is 2.08 bits per heavy atom. The van der Waals surface area contributed by atoms with Gasteiger partial charge in [-0.15, -0.1) is 0 Å². The molecule has 2 aromatic rings. The third-order valence-corrected chi connectivity index (χ3v) is 5.04. The fourth-order valence-electron chi connectivity index (χ4n) is 3.62. The van der Waals surface area contributed by atoms with Crippen molar-refractivity contribution in [2.24, 2.45) is 0 Å². The number of carbonyl (C=O) groups excluding carboxylic acids is 1. The molecule has 0 bridgehead atoms. The molecule has 1 N–H and O–H groups in total. The van der Waals surface area contributed by atoms with Gasteiger partial charge in [0, 0.05) is 30.7 Å². The van der Waals surface area contributed by atoms with Crippen LogP contribution in [-0.2, 0) is 6.54 Å². The number of rotatable bonds is 4. The molecular formula is C20H26N4O2. The van der Waals surface area contributed by atoms with E-state index in [-0.39, 0.29) is 23.1 Å². The predicted octanol–water partition coefficient (Wildman–Crippen LogP) is 2.12. The van der Waals surface area contributed by atoms with E-state index in [0.717, 1.165) is 42.8 Å². The highest BCUT2D eigenvalue weighted by Gasteiger charge is 2.30. The number of H-pyrrole nitrogens is 1. The van der Waals surface area contributed by atoms with Crippen molar-refractivity contribution >= 4 is 5.91 Å². The van der Waals surface area contributed by atoms with E-state index >= 15 is 0 Å². The molecule has 0 spiro atoms. The molecule has 1 aliphatic rings. The minimum Gasteiger partial charge on any atom is -0.331 e. The number of nitrogens with zero attached hydrogens (tertiary/aromatic N) is 3. The van der Waals surface area contributed by atoms with Crippen molar-refractivity contribution in [1.29, 1.82) is 0 Å². The summed E-state index contributed by atoms with van der Waals surface area (Å²) in [4.78, 5) is 36.9. The van der Waals surface area contributed by atoms with Gasteiger partial charge in [0.25, 0.3) is 11.5 Å². The average molecular weight is 354 g/mol. The second kappa shape index (κ2) is 7.83. The first-order valence-electron chi connectivity index (χ1n) is 9.04. The van der Waals surface area contributed by atoms with Crippen molar-refractivity contribution in [2.75, 3.05) is 20.1 Å². The van der Waals surface area contributed by atoms with Gasteiger partial charge in [-0.1, -0.05) is 6.07 Å². The maximum atomic E-state index is 13.4. The van der Waals surface area contributed by atoms with E-state index < -0.39 is 0 Å². The molecule has 0 aromatic carbocycles. The van der Waals surface area contributed by atoms with Crippen molar-refractivity contribution in [3.8, 4) is 0 Å². The highest BCUT2D eigenvalue weighted by atomic mass is 16.2. The van der Waals surface area contributed by atoms with E-state index in [2.05, 4.69) is 21.9 Å². The smallest absolute Gasteiger partial charge is 0.261 e. The topological polar surface area (TPSA) is 69.3 Å². The van der Waals surface area contributed by atoms with Crippen molar-refractivity contribution in [1.82, 2.24) is 19.8 Å². The van der Waals surface area contributed by atoms with Gasteiger partial charge in [-0.3, -0.25) is 14.6 Å². The summed E-state index contributed by atoms with van der Waals surface area (Å²) in [5.74, 6) is -0.192. The van der Waals surface area contributed by atoms with Crippen molar-refractivity contribution < 1.29 is 4.79 Å². The molecule has 3 heterocycles. The standard InChI is InChI=1S/C20H26N4O2/c1-14-11-15(2)22-19(25)18(14)20(26)24(13-16-5-4-8-21-12-16)17-6-9-23(3)10-7-17/h4-5,8,11-12,17H,6-7,9-10,13H2,1-3H3,(H,22,25). The van der Waals surface area contributed by atoms with Crippen LogP contribution >= 0.6 is 0 Å². The largest absolute Gasteiger partial charge is 0.331 e. The second-order valence-corrected chi connectivity index (χ2v) is 7.17. The third-order valence-electron chi connectivity index (χ3n) is 5.04.